The van der Waals surface area contributed by atoms with Crippen molar-refractivity contribution in [1.29, 1.82) is 0 Å². The molecule has 0 fully saturated rings. The van der Waals surface area contributed by atoms with E-state index < -0.39 is 0 Å². The van der Waals surface area contributed by atoms with Crippen molar-refractivity contribution < 1.29 is 4.74 Å². The highest BCUT2D eigenvalue weighted by molar-refractivity contribution is 7.99. The van der Waals surface area contributed by atoms with Gasteiger partial charge >= 0.3 is 0 Å². The number of ether oxygens (including phenoxy) is 1. The first-order valence-corrected chi connectivity index (χ1v) is 12.2. The number of nitrogens with one attached hydrogen (secondary N) is 2. The zero-order valence-corrected chi connectivity index (χ0v) is 21.4. The lowest BCUT2D eigenvalue weighted by Gasteiger charge is -2.17. The van der Waals surface area contributed by atoms with Crippen LogP contribution in [-0.4, -0.2) is 44.9 Å². The molecule has 2 rings (SSSR count). The Hall–Kier alpha value is -1.54. The summed E-state index contributed by atoms with van der Waals surface area (Å²) in [5.74, 6) is 0.882. The number of anilines is 2. The zero-order chi connectivity index (χ0) is 23.2. The van der Waals surface area contributed by atoms with E-state index in [-0.39, 0.29) is 0 Å². The summed E-state index contributed by atoms with van der Waals surface area (Å²) in [5.41, 5.74) is 7.96. The minimum atomic E-state index is 0.681. The molecule has 0 atom stereocenters. The molecule has 0 aliphatic rings. The molecule has 0 aliphatic carbocycles. The molecule has 4 N–H and O–H groups in total. The van der Waals surface area contributed by atoms with E-state index in [0.717, 1.165) is 36.6 Å². The Labute approximate surface area is 194 Å². The minimum absolute atomic E-state index is 0.681. The first-order valence-electron chi connectivity index (χ1n) is 10.5. The second-order valence-electron chi connectivity index (χ2n) is 5.54. The summed E-state index contributed by atoms with van der Waals surface area (Å²) in [4.78, 5) is 2.29. The van der Waals surface area contributed by atoms with Gasteiger partial charge in [-0.15, -0.1) is 0 Å². The van der Waals surface area contributed by atoms with Crippen LogP contribution < -0.4 is 19.9 Å². The molecule has 0 aromatic heterocycles. The van der Waals surface area contributed by atoms with Crippen molar-refractivity contribution in [1.82, 2.24) is 4.90 Å². The predicted octanol–water partition coefficient (Wildman–Crippen LogP) is 5.81. The van der Waals surface area contributed by atoms with Crippen LogP contribution in [0.3, 0.4) is 0 Å². The van der Waals surface area contributed by atoms with Crippen molar-refractivity contribution >= 4 is 36.1 Å². The molecule has 2 aromatic carbocycles. The van der Waals surface area contributed by atoms with Crippen LogP contribution in [0, 0.1) is 0 Å². The number of hydrogen-bond donors (Lipinski definition) is 4. The molecule has 0 heterocycles. The summed E-state index contributed by atoms with van der Waals surface area (Å²) in [7, 11) is 3.63. The normalized spacial score (nSPS) is 9.13. The Morgan fingerprint density at radius 2 is 1.43 bits per heavy atom. The summed E-state index contributed by atoms with van der Waals surface area (Å²) in [6, 6.07) is 16.4. The quantitative estimate of drug-likeness (QED) is 0.268. The molecule has 5 nitrogen and oxygen atoms in total. The first-order chi connectivity index (χ1) is 14.7. The van der Waals surface area contributed by atoms with Crippen molar-refractivity contribution in [3.8, 4) is 5.75 Å². The maximum Gasteiger partial charge on any atom is 0.119 e. The molecule has 172 valence electrons. The van der Waals surface area contributed by atoms with Crippen LogP contribution in [0.2, 0.25) is 0 Å². The summed E-state index contributed by atoms with van der Waals surface area (Å²) in [6.45, 7) is 10.6. The van der Waals surface area contributed by atoms with Crippen molar-refractivity contribution in [3.05, 3.63) is 54.1 Å². The number of benzene rings is 2. The van der Waals surface area contributed by atoms with Crippen LogP contribution in [-0.2, 0) is 6.42 Å². The zero-order valence-electron chi connectivity index (χ0n) is 19.7. The van der Waals surface area contributed by atoms with Crippen LogP contribution in [0.1, 0.15) is 33.3 Å². The lowest BCUT2D eigenvalue weighted by molar-refractivity contribution is 0.239. The Morgan fingerprint density at radius 3 is 1.93 bits per heavy atom. The third-order valence-electron chi connectivity index (χ3n) is 3.68. The van der Waals surface area contributed by atoms with Gasteiger partial charge in [0.25, 0.3) is 0 Å². The van der Waals surface area contributed by atoms with Gasteiger partial charge in [-0.25, -0.2) is 0 Å². The highest BCUT2D eigenvalue weighted by Gasteiger charge is 2.01. The minimum Gasteiger partial charge on any atom is -0.492 e. The SMILES string of the molecule is CC.CC.CN.CSNc1ccc(CCN(C)CCOc2ccc(NS)cc2)cc1. The van der Waals surface area contributed by atoms with Gasteiger partial charge in [0.05, 0.1) is 0 Å². The van der Waals surface area contributed by atoms with Crippen molar-refractivity contribution in [2.24, 2.45) is 5.73 Å². The third-order valence-corrected chi connectivity index (χ3v) is 4.38. The maximum atomic E-state index is 5.77. The smallest absolute Gasteiger partial charge is 0.119 e. The summed E-state index contributed by atoms with van der Waals surface area (Å²) in [6.07, 6.45) is 3.06. The largest absolute Gasteiger partial charge is 0.492 e. The number of rotatable bonds is 10. The van der Waals surface area contributed by atoms with Crippen LogP contribution in [0.25, 0.3) is 0 Å². The Bertz CT molecular complexity index is 595. The highest BCUT2D eigenvalue weighted by Crippen LogP contribution is 2.16. The fraction of sp³-hybridized carbons (Fsp3) is 0.478. The van der Waals surface area contributed by atoms with Gasteiger partial charge in [-0.2, -0.15) is 0 Å². The van der Waals surface area contributed by atoms with E-state index in [0.29, 0.717) is 6.61 Å². The topological polar surface area (TPSA) is 62.5 Å². The van der Waals surface area contributed by atoms with Gasteiger partial charge in [0, 0.05) is 30.7 Å². The molecular formula is C23H42N4OS2. The first kappa shape index (κ1) is 30.7. The summed E-state index contributed by atoms with van der Waals surface area (Å²) < 4.78 is 11.8. The molecule has 30 heavy (non-hydrogen) atoms. The van der Waals surface area contributed by atoms with E-state index in [1.807, 2.05) is 58.2 Å². The van der Waals surface area contributed by atoms with Gasteiger partial charge in [0.15, 0.2) is 0 Å². The number of nitrogens with two attached hydrogens (primary N) is 1. The van der Waals surface area contributed by atoms with Crippen LogP contribution >= 0.6 is 24.8 Å². The van der Waals surface area contributed by atoms with Crippen LogP contribution in [0.15, 0.2) is 48.5 Å². The third kappa shape index (κ3) is 14.4. The molecule has 0 saturated carbocycles. The molecule has 0 radical (unpaired) electrons. The van der Waals surface area contributed by atoms with Crippen molar-refractivity contribution in [2.75, 3.05) is 49.5 Å². The summed E-state index contributed by atoms with van der Waals surface area (Å²) >= 11 is 5.62. The van der Waals surface area contributed by atoms with E-state index in [1.165, 1.54) is 12.6 Å². The van der Waals surface area contributed by atoms with Gasteiger partial charge in [0.2, 0.25) is 0 Å². The van der Waals surface area contributed by atoms with Gasteiger partial charge in [-0.1, -0.05) is 64.6 Å². The lowest BCUT2D eigenvalue weighted by atomic mass is 10.1. The molecular weight excluding hydrogens is 412 g/mol. The van der Waals surface area contributed by atoms with Gasteiger partial charge < -0.3 is 24.8 Å². The molecule has 0 spiro atoms. The number of likely N-dealkylation sites (N-methyl/N-ethyl adjacent to an activating group) is 1. The average Bonchev–Trinajstić information content (AvgIpc) is 2.83. The molecule has 0 amide bonds. The Balaban J connectivity index is 0. The van der Waals surface area contributed by atoms with E-state index in [4.69, 9.17) is 4.74 Å². The number of hydrogen-bond acceptors (Lipinski definition) is 7. The molecule has 0 bridgehead atoms. The van der Waals surface area contributed by atoms with Crippen LogP contribution in [0.5, 0.6) is 5.75 Å². The second-order valence-corrected chi connectivity index (χ2v) is 6.38. The monoisotopic (exact) mass is 454 g/mol. The average molecular weight is 455 g/mol. The Kier molecular flexibility index (Phi) is 22.6. The molecule has 7 heteroatoms. The highest BCUT2D eigenvalue weighted by atomic mass is 32.2. The van der Waals surface area contributed by atoms with Gasteiger partial charge in [0.1, 0.15) is 12.4 Å². The second kappa shape index (κ2) is 22.2. The van der Waals surface area contributed by atoms with E-state index >= 15 is 0 Å². The molecule has 0 aliphatic heterocycles. The standard InChI is InChI=1S/C18H25N3OS2.2C2H6.CH5N/c1-21(12-11-15-3-5-17(6-4-15)20-24-2)13-14-22-18-9-7-16(19-23)8-10-18;3*1-2/h3-10,19-20,23H,11-14H2,1-2H3;2*1-2H3;2H2,1H3. The molecule has 0 saturated heterocycles. The fourth-order valence-electron chi connectivity index (χ4n) is 2.23. The predicted molar refractivity (Wildman–Crippen MR) is 142 cm³/mol. The van der Waals surface area contributed by atoms with Gasteiger partial charge in [-0.05, 0) is 62.5 Å². The molecule has 0 unspecified atom stereocenters. The summed E-state index contributed by atoms with van der Waals surface area (Å²) in [5, 5.41) is 0. The van der Waals surface area contributed by atoms with Gasteiger partial charge in [-0.3, -0.25) is 0 Å². The van der Waals surface area contributed by atoms with E-state index in [2.05, 4.69) is 64.2 Å². The lowest BCUT2D eigenvalue weighted by Crippen LogP contribution is -2.26. The van der Waals surface area contributed by atoms with E-state index in [1.54, 1.807) is 11.9 Å². The van der Waals surface area contributed by atoms with Crippen molar-refractivity contribution in [3.63, 3.8) is 0 Å². The van der Waals surface area contributed by atoms with Crippen molar-refractivity contribution in [2.45, 2.75) is 34.1 Å². The maximum absolute atomic E-state index is 5.77. The number of nitrogens with zero attached hydrogens (tertiary/aromatic N) is 1. The number of thiol groups is 1. The van der Waals surface area contributed by atoms with E-state index in [9.17, 15) is 0 Å². The Morgan fingerprint density at radius 1 is 0.900 bits per heavy atom. The van der Waals surface area contributed by atoms with Crippen LogP contribution in [0.4, 0.5) is 11.4 Å². The molecule has 2 aromatic rings. The fourth-order valence-corrected chi connectivity index (χ4v) is 2.75.